The van der Waals surface area contributed by atoms with Crippen molar-refractivity contribution >= 4 is 26.8 Å². The average molecular weight is 781 g/mol. The molecule has 1 N–H and O–H groups in total. The van der Waals surface area contributed by atoms with E-state index in [0.717, 1.165) is 42.3 Å². The molecule has 6 aromatic rings. The second-order valence-corrected chi connectivity index (χ2v) is 15.8. The number of morpholine rings is 1. The Morgan fingerprint density at radius 3 is 2.41 bits per heavy atom. The highest BCUT2D eigenvalue weighted by Crippen LogP contribution is 2.39. The quantitative estimate of drug-likeness (QED) is 0.171. The summed E-state index contributed by atoms with van der Waals surface area (Å²) in [5.74, 6) is -1.06. The number of rotatable bonds is 12. The van der Waals surface area contributed by atoms with Gasteiger partial charge in [-0.2, -0.15) is 9.40 Å². The molecule has 1 saturated carbocycles. The van der Waals surface area contributed by atoms with E-state index in [2.05, 4.69) is 10.4 Å². The Morgan fingerprint density at radius 2 is 1.70 bits per heavy atom. The number of sulfonamides is 1. The molecule has 2 aliphatic rings. The van der Waals surface area contributed by atoms with Gasteiger partial charge in [-0.05, 0) is 84.6 Å². The monoisotopic (exact) mass is 780 g/mol. The number of carbonyl (C=O) groups is 1. The van der Waals surface area contributed by atoms with Crippen LogP contribution < -0.4 is 15.6 Å². The SMILES string of the molecule is COc1ccccc1-c1ccc2c(=O)n(-c3ccc(S(=O)(=O)N4CCOCC4)cc3)c([C@H](Cc3cc(F)cc(F)c3)NC(=O)Cn3ccc(C4CC4)n3)nc2c1. The molecular formula is C41H38F2N6O6S. The molecule has 2 fully saturated rings. The highest BCUT2D eigenvalue weighted by atomic mass is 32.2. The normalized spacial score (nSPS) is 15.5. The maximum atomic E-state index is 14.7. The van der Waals surface area contributed by atoms with E-state index in [9.17, 15) is 26.8 Å². The molecule has 1 aliphatic heterocycles. The number of carbonyl (C=O) groups excluding carboxylic acids is 1. The summed E-state index contributed by atoms with van der Waals surface area (Å²) in [4.78, 5) is 33.5. The Labute approximate surface area is 321 Å². The number of benzene rings is 4. The Kier molecular flexibility index (Phi) is 10.2. The molecule has 0 radical (unpaired) electrons. The number of aromatic nitrogens is 4. The van der Waals surface area contributed by atoms with Gasteiger partial charge in [0.2, 0.25) is 15.9 Å². The van der Waals surface area contributed by atoms with Crippen molar-refractivity contribution in [1.82, 2.24) is 29.0 Å². The maximum absolute atomic E-state index is 14.7. The van der Waals surface area contributed by atoms with Crippen molar-refractivity contribution in [3.63, 3.8) is 0 Å². The minimum Gasteiger partial charge on any atom is -0.496 e. The number of hydrogen-bond donors (Lipinski definition) is 1. The third-order valence-electron chi connectivity index (χ3n) is 9.99. The number of ether oxygens (including phenoxy) is 2. The summed E-state index contributed by atoms with van der Waals surface area (Å²) in [5.41, 5.74) is 2.62. The van der Waals surface area contributed by atoms with Gasteiger partial charge in [-0.15, -0.1) is 0 Å². The van der Waals surface area contributed by atoms with E-state index in [4.69, 9.17) is 14.5 Å². The first-order valence-electron chi connectivity index (χ1n) is 18.2. The molecule has 1 saturated heterocycles. The standard InChI is InChI=1S/C41H38F2N6O6S/c1-54-38-5-3-2-4-33(38)28-8-13-34-36(23-28)45-40(49(41(34)51)31-9-11-32(12-10-31)56(52,53)48-16-18-55-19-17-48)37(22-26-20-29(42)24-30(43)21-26)44-39(50)25-47-15-14-35(46-47)27-6-7-27/h2-5,8-15,20-21,23-24,27,37H,6-7,16-19,22,25H2,1H3,(H,44,50)/t37-/m0/s1. The molecule has 0 unspecified atom stereocenters. The zero-order valence-electron chi connectivity index (χ0n) is 30.4. The summed E-state index contributed by atoms with van der Waals surface area (Å²) in [5, 5.41) is 7.76. The van der Waals surface area contributed by atoms with Crippen molar-refractivity contribution in [2.45, 2.75) is 42.7 Å². The first kappa shape index (κ1) is 37.2. The van der Waals surface area contributed by atoms with Crippen LogP contribution in [0, 0.1) is 11.6 Å². The molecule has 8 rings (SSSR count). The van der Waals surface area contributed by atoms with Crippen molar-refractivity contribution in [3.8, 4) is 22.6 Å². The lowest BCUT2D eigenvalue weighted by atomic mass is 10.0. The fourth-order valence-corrected chi connectivity index (χ4v) is 8.47. The van der Waals surface area contributed by atoms with Crippen molar-refractivity contribution in [2.24, 2.45) is 0 Å². The number of nitrogens with zero attached hydrogens (tertiary/aromatic N) is 5. The van der Waals surface area contributed by atoms with Crippen molar-refractivity contribution in [1.29, 1.82) is 0 Å². The molecule has 0 spiro atoms. The zero-order chi connectivity index (χ0) is 39.0. The predicted molar refractivity (Wildman–Crippen MR) is 204 cm³/mol. The molecular weight excluding hydrogens is 743 g/mol. The predicted octanol–water partition coefficient (Wildman–Crippen LogP) is 5.53. The summed E-state index contributed by atoms with van der Waals surface area (Å²) in [6.07, 6.45) is 3.65. The van der Waals surface area contributed by atoms with E-state index < -0.39 is 39.2 Å². The first-order valence-corrected chi connectivity index (χ1v) is 19.7. The number of halogens is 2. The Bertz CT molecular complexity index is 2580. The summed E-state index contributed by atoms with van der Waals surface area (Å²) in [7, 11) is -2.30. The second kappa shape index (κ2) is 15.4. The summed E-state index contributed by atoms with van der Waals surface area (Å²) < 4.78 is 71.2. The molecule has 1 amide bonds. The van der Waals surface area contributed by atoms with Crippen LogP contribution in [0.1, 0.15) is 41.9 Å². The van der Waals surface area contributed by atoms with Crippen molar-refractivity contribution in [3.05, 3.63) is 136 Å². The molecule has 1 atom stereocenters. The van der Waals surface area contributed by atoms with Crippen molar-refractivity contribution < 1.29 is 31.5 Å². The van der Waals surface area contributed by atoms with E-state index in [0.29, 0.717) is 22.7 Å². The fraction of sp³-hybridized carbons (Fsp3) is 0.268. The number of fused-ring (bicyclic) bond motifs is 1. The van der Waals surface area contributed by atoms with Gasteiger partial charge in [0.05, 0.1) is 53.5 Å². The average Bonchev–Trinajstić information content (AvgIpc) is 3.95. The van der Waals surface area contributed by atoms with E-state index in [-0.39, 0.29) is 66.6 Å². The van der Waals surface area contributed by atoms with Gasteiger partial charge in [0, 0.05) is 43.3 Å². The summed E-state index contributed by atoms with van der Waals surface area (Å²) >= 11 is 0. The van der Waals surface area contributed by atoms with Gasteiger partial charge in [0.15, 0.2) is 0 Å². The molecule has 4 aromatic carbocycles. The smallest absolute Gasteiger partial charge is 0.266 e. The van der Waals surface area contributed by atoms with Gasteiger partial charge in [0.1, 0.15) is 29.8 Å². The van der Waals surface area contributed by atoms with Gasteiger partial charge in [-0.25, -0.2) is 22.2 Å². The van der Waals surface area contributed by atoms with Crippen LogP contribution in [0.3, 0.4) is 0 Å². The molecule has 56 heavy (non-hydrogen) atoms. The number of methoxy groups -OCH3 is 1. The minimum atomic E-state index is -3.86. The molecule has 2 aromatic heterocycles. The summed E-state index contributed by atoms with van der Waals surface area (Å²) in [6.45, 7) is 0.817. The zero-order valence-corrected chi connectivity index (χ0v) is 31.2. The van der Waals surface area contributed by atoms with Crippen LogP contribution in [0.2, 0.25) is 0 Å². The Balaban J connectivity index is 1.26. The Morgan fingerprint density at radius 1 is 0.964 bits per heavy atom. The lowest BCUT2D eigenvalue weighted by Gasteiger charge is -2.26. The minimum absolute atomic E-state index is 0.0258. The number of para-hydroxylation sites is 1. The number of hydrogen-bond acceptors (Lipinski definition) is 8. The van der Waals surface area contributed by atoms with E-state index in [1.807, 2.05) is 30.3 Å². The van der Waals surface area contributed by atoms with E-state index in [1.54, 1.807) is 31.5 Å². The van der Waals surface area contributed by atoms with Crippen LogP contribution in [0.25, 0.3) is 27.7 Å². The second-order valence-electron chi connectivity index (χ2n) is 13.9. The van der Waals surface area contributed by atoms with Gasteiger partial charge in [-0.1, -0.05) is 24.3 Å². The van der Waals surface area contributed by atoms with Crippen LogP contribution in [-0.4, -0.2) is 71.4 Å². The van der Waals surface area contributed by atoms with Crippen LogP contribution in [-0.2, 0) is 32.5 Å². The Hall–Kier alpha value is -5.77. The van der Waals surface area contributed by atoms with Crippen LogP contribution in [0.4, 0.5) is 8.78 Å². The number of amides is 1. The highest BCUT2D eigenvalue weighted by Gasteiger charge is 2.29. The van der Waals surface area contributed by atoms with Gasteiger partial charge in [-0.3, -0.25) is 18.8 Å². The molecule has 0 bridgehead atoms. The molecule has 1 aliphatic carbocycles. The van der Waals surface area contributed by atoms with E-state index in [1.165, 1.54) is 37.8 Å². The number of nitrogens with one attached hydrogen (secondary N) is 1. The van der Waals surface area contributed by atoms with Crippen LogP contribution in [0.5, 0.6) is 5.75 Å². The van der Waals surface area contributed by atoms with Gasteiger partial charge in [0.25, 0.3) is 5.56 Å². The van der Waals surface area contributed by atoms with Crippen LogP contribution in [0.15, 0.2) is 107 Å². The molecule has 3 heterocycles. The first-order chi connectivity index (χ1) is 27.1. The third kappa shape index (κ3) is 7.70. The van der Waals surface area contributed by atoms with Gasteiger partial charge >= 0.3 is 0 Å². The lowest BCUT2D eigenvalue weighted by molar-refractivity contribution is -0.122. The van der Waals surface area contributed by atoms with Gasteiger partial charge < -0.3 is 14.8 Å². The van der Waals surface area contributed by atoms with E-state index >= 15 is 0 Å². The molecule has 15 heteroatoms. The van der Waals surface area contributed by atoms with Crippen LogP contribution >= 0.6 is 0 Å². The van der Waals surface area contributed by atoms with Crippen molar-refractivity contribution in [2.75, 3.05) is 33.4 Å². The molecule has 12 nitrogen and oxygen atoms in total. The lowest BCUT2D eigenvalue weighted by Crippen LogP contribution is -2.40. The largest absolute Gasteiger partial charge is 0.496 e. The third-order valence-corrected chi connectivity index (χ3v) is 11.9. The topological polar surface area (TPSA) is 138 Å². The maximum Gasteiger partial charge on any atom is 0.266 e. The fourth-order valence-electron chi connectivity index (χ4n) is 7.06. The summed E-state index contributed by atoms with van der Waals surface area (Å²) in [6, 6.07) is 22.2. The highest BCUT2D eigenvalue weighted by molar-refractivity contribution is 7.89. The molecule has 288 valence electrons.